The largest absolute Gasteiger partial charge is 0.477 e. The third-order valence-corrected chi connectivity index (χ3v) is 19.2. The molecule has 0 radical (unpaired) electrons. The van der Waals surface area contributed by atoms with Crippen LogP contribution in [0.5, 0.6) is 0 Å². The van der Waals surface area contributed by atoms with Crippen LogP contribution in [0.25, 0.3) is 0 Å². The van der Waals surface area contributed by atoms with Crippen molar-refractivity contribution in [2.45, 2.75) is 292 Å². The predicted octanol–water partition coefficient (Wildman–Crippen LogP) is -17.6. The number of carboxylic acid groups (broad SMARTS) is 1. The number of rotatable bonds is 28. The zero-order valence-corrected chi connectivity index (χ0v) is 57.2. The van der Waals surface area contributed by atoms with E-state index in [9.17, 15) is 141 Å². The van der Waals surface area contributed by atoms with E-state index in [1.165, 1.54) is 6.92 Å². The van der Waals surface area contributed by atoms with Crippen LogP contribution < -0.4 is 21.3 Å². The summed E-state index contributed by atoms with van der Waals surface area (Å²) in [5.41, 5.74) is 0. The van der Waals surface area contributed by atoms with Crippen LogP contribution in [0.3, 0.4) is 0 Å². The number of ether oxygens (including phenoxy) is 15. The molecular weight excluding hydrogens is 1450 g/mol. The van der Waals surface area contributed by atoms with Gasteiger partial charge < -0.3 is 210 Å². The maximum Gasteiger partial charge on any atom is 0.364 e. The molecule has 612 valence electrons. The lowest BCUT2D eigenvalue weighted by atomic mass is 9.88. The van der Waals surface area contributed by atoms with Crippen LogP contribution in [0.2, 0.25) is 0 Å². The molecule has 47 heteroatoms. The number of hydrogen-bond donors (Lipinski definition) is 27. The fraction of sp³-hybridized carbons (Fsp3) is 0.915. The van der Waals surface area contributed by atoms with Gasteiger partial charge in [-0.3, -0.25) is 19.2 Å². The van der Waals surface area contributed by atoms with Gasteiger partial charge in [0.2, 0.25) is 23.6 Å². The highest BCUT2D eigenvalue weighted by Crippen LogP contribution is 2.40. The standard InChI is InChI=1S/C59H98N4O43/c1-14-31(75)39(83)42(86)54(94-14)92-12-26-47(36(80)28(51(89)95-26)61-16(3)70)101-52-29(62-17(4)71)37(81)46(24(11-68)98-52)103-56-44(88)49(35(79)22(9-66)96-56)104-57-50(41(85)33(77)21(8-65)97-57)105-53-30(63-18(5)72)38(82)45(23(10-67)99-53)102-55-43(87)40(84)34(78)25(100-55)13-93-59(58(90)91)6-19(73)27(60-15(2)69)48(106-59)32(76)20(74)7-64/h14,19-57,64-68,73-89H,6-13H2,1-5H3,(H,60,69)(H,61,70)(H,62,71)(H,63,72)(H,90,91)/t14-,19-,20+,21+,22+,23+,24+,25+,26+,27+,28+,29+,30+,31+,32+,33+,34-,35+,36+,37+,38+,39+,40-,41-,42-,43+,44-,45+,46+,47+,48+,49-,50-,51+,52-,53-,54+,55-,56-,57+,59+/m0/s1. The molecule has 0 aromatic carbocycles. The normalized spacial score (nSPS) is 47.2. The molecule has 8 heterocycles. The van der Waals surface area contributed by atoms with Crippen LogP contribution in [0.15, 0.2) is 0 Å². The van der Waals surface area contributed by atoms with Crippen molar-refractivity contribution in [2.24, 2.45) is 0 Å². The number of hydrogen-bond acceptors (Lipinski definition) is 42. The van der Waals surface area contributed by atoms with E-state index < -0.39 is 333 Å². The number of amides is 4. The zero-order valence-electron chi connectivity index (χ0n) is 57.2. The van der Waals surface area contributed by atoms with E-state index in [-0.39, 0.29) is 0 Å². The van der Waals surface area contributed by atoms with Gasteiger partial charge in [0.15, 0.2) is 44.0 Å². The number of aliphatic hydroxyl groups excluding tert-OH is 22. The molecule has 0 bridgehead atoms. The lowest BCUT2D eigenvalue weighted by Gasteiger charge is -2.51. The molecule has 0 spiro atoms. The third kappa shape index (κ3) is 19.3. The van der Waals surface area contributed by atoms with Gasteiger partial charge in [-0.15, -0.1) is 0 Å². The van der Waals surface area contributed by atoms with E-state index in [4.69, 9.17) is 71.1 Å². The highest BCUT2D eigenvalue weighted by Gasteiger charge is 2.61. The van der Waals surface area contributed by atoms with Gasteiger partial charge in [-0.1, -0.05) is 0 Å². The van der Waals surface area contributed by atoms with Crippen LogP contribution >= 0.6 is 0 Å². The molecule has 8 fully saturated rings. The van der Waals surface area contributed by atoms with Gasteiger partial charge in [-0.05, 0) is 6.92 Å². The molecular formula is C59H98N4O43. The molecule has 41 atom stereocenters. The van der Waals surface area contributed by atoms with E-state index >= 15 is 0 Å². The van der Waals surface area contributed by atoms with Crippen LogP contribution in [-0.4, -0.2) is 444 Å². The summed E-state index contributed by atoms with van der Waals surface area (Å²) in [6.45, 7) is -2.47. The summed E-state index contributed by atoms with van der Waals surface area (Å²) in [4.78, 5) is 63.0. The zero-order chi connectivity index (χ0) is 78.6. The Hall–Kier alpha value is -4.13. The van der Waals surface area contributed by atoms with Gasteiger partial charge in [-0.25, -0.2) is 4.79 Å². The third-order valence-electron chi connectivity index (χ3n) is 19.2. The highest BCUT2D eigenvalue weighted by molar-refractivity contribution is 5.77. The number of nitrogens with one attached hydrogen (secondary N) is 4. The molecule has 0 aromatic rings. The Morgan fingerprint density at radius 2 is 0.821 bits per heavy atom. The Morgan fingerprint density at radius 1 is 0.406 bits per heavy atom. The molecule has 8 aliphatic heterocycles. The molecule has 8 saturated heterocycles. The fourth-order valence-corrected chi connectivity index (χ4v) is 13.5. The van der Waals surface area contributed by atoms with Gasteiger partial charge in [-0.2, -0.15) is 0 Å². The number of carboxylic acids is 1. The fourth-order valence-electron chi connectivity index (χ4n) is 13.5. The topological polar surface area (TPSA) is 737 Å². The summed E-state index contributed by atoms with van der Waals surface area (Å²) in [5, 5.41) is 262. The summed E-state index contributed by atoms with van der Waals surface area (Å²) in [6.07, 6.45) is -74.3. The van der Waals surface area contributed by atoms with Gasteiger partial charge in [0.25, 0.3) is 5.79 Å². The molecule has 27 N–H and O–H groups in total. The van der Waals surface area contributed by atoms with Crippen molar-refractivity contribution in [1.29, 1.82) is 0 Å². The molecule has 106 heavy (non-hydrogen) atoms. The lowest BCUT2D eigenvalue weighted by molar-refractivity contribution is -0.396. The van der Waals surface area contributed by atoms with Gasteiger partial charge >= 0.3 is 5.97 Å². The highest BCUT2D eigenvalue weighted by atomic mass is 16.8. The minimum atomic E-state index is -3.04. The van der Waals surface area contributed by atoms with Crippen LogP contribution in [0, 0.1) is 0 Å². The Kier molecular flexibility index (Phi) is 30.9. The van der Waals surface area contributed by atoms with Crippen molar-refractivity contribution in [3.63, 3.8) is 0 Å². The average molecular weight is 1550 g/mol. The minimum absolute atomic E-state index is 0.783. The molecule has 8 rings (SSSR count). The second-order valence-corrected chi connectivity index (χ2v) is 26.8. The van der Waals surface area contributed by atoms with Gasteiger partial charge in [0.1, 0.15) is 183 Å². The molecule has 0 unspecified atom stereocenters. The smallest absolute Gasteiger partial charge is 0.364 e. The second kappa shape index (κ2) is 37.5. The van der Waals surface area contributed by atoms with Crippen LogP contribution in [0.4, 0.5) is 0 Å². The molecule has 8 aliphatic rings. The first-order valence-corrected chi connectivity index (χ1v) is 33.6. The first-order chi connectivity index (χ1) is 49.9. The van der Waals surface area contributed by atoms with Crippen molar-refractivity contribution >= 4 is 29.6 Å². The van der Waals surface area contributed by atoms with Crippen molar-refractivity contribution in [1.82, 2.24) is 21.3 Å². The second-order valence-electron chi connectivity index (χ2n) is 26.8. The Morgan fingerprint density at radius 3 is 1.34 bits per heavy atom. The quantitative estimate of drug-likeness (QED) is 0.0346. The van der Waals surface area contributed by atoms with E-state index in [1.54, 1.807) is 0 Å². The van der Waals surface area contributed by atoms with Crippen LogP contribution in [-0.2, 0) is 95.0 Å². The van der Waals surface area contributed by atoms with Gasteiger partial charge in [0, 0.05) is 34.1 Å². The Bertz CT molecular complexity index is 2860. The first-order valence-electron chi connectivity index (χ1n) is 33.6. The van der Waals surface area contributed by atoms with E-state index in [2.05, 4.69) is 21.3 Å². The van der Waals surface area contributed by atoms with E-state index in [1.807, 2.05) is 0 Å². The number of aliphatic hydroxyl groups is 22. The number of carbonyl (C=O) groups excluding carboxylic acids is 4. The lowest BCUT2D eigenvalue weighted by Crippen LogP contribution is -2.71. The molecule has 0 saturated carbocycles. The van der Waals surface area contributed by atoms with E-state index in [0.29, 0.717) is 0 Å². The summed E-state index contributed by atoms with van der Waals surface area (Å²) < 4.78 is 87.4. The maximum atomic E-state index is 12.9. The van der Waals surface area contributed by atoms with Crippen molar-refractivity contribution in [3.8, 4) is 0 Å². The summed E-state index contributed by atoms with van der Waals surface area (Å²) in [6, 6.07) is -7.18. The Labute approximate surface area is 600 Å². The minimum Gasteiger partial charge on any atom is -0.477 e. The average Bonchev–Trinajstić information content (AvgIpc) is 0.769. The summed E-state index contributed by atoms with van der Waals surface area (Å²) in [7, 11) is 0. The first kappa shape index (κ1) is 87.4. The molecule has 0 aliphatic carbocycles. The molecule has 47 nitrogen and oxygen atoms in total. The van der Waals surface area contributed by atoms with Crippen molar-refractivity contribution in [2.75, 3.05) is 46.2 Å². The predicted molar refractivity (Wildman–Crippen MR) is 327 cm³/mol. The summed E-state index contributed by atoms with van der Waals surface area (Å²) >= 11 is 0. The van der Waals surface area contributed by atoms with Crippen molar-refractivity contribution < 1.29 is 212 Å². The number of aliphatic carboxylic acids is 1. The van der Waals surface area contributed by atoms with Gasteiger partial charge in [0.05, 0.1) is 64.5 Å². The molecule has 0 aromatic heterocycles. The van der Waals surface area contributed by atoms with Crippen LogP contribution in [0.1, 0.15) is 41.0 Å². The monoisotopic (exact) mass is 1550 g/mol. The Balaban J connectivity index is 1.00. The van der Waals surface area contributed by atoms with Crippen molar-refractivity contribution in [3.05, 3.63) is 0 Å². The molecule has 4 amide bonds. The van der Waals surface area contributed by atoms with E-state index in [0.717, 1.165) is 27.7 Å². The maximum absolute atomic E-state index is 12.9. The number of carbonyl (C=O) groups is 5. The SMILES string of the molecule is CC(=O)N[C@@H]1[C@@H](O)[C@H](O[C@@H]2O[C@H](CO)[C@@H](O[C@@H]3O[C@H](CO)[C@@H](O)[C@H](O[C@H]4O[C@H](CO)[C@@H](O)[C@H](O)[C@@H]4O[C@@H]4O[C@H](CO)[C@@H](O[C@@H]5O[C@H](CO[C@]6(C(=O)O)C[C@H](O)[C@@H](NC(C)=O)[C@H]([C@H](O)[C@H](O)CO)O6)[C@H](O)[C@H](O)[C@H]5O)[C@H](O)[C@H]4NC(C)=O)[C@@H]3O)[C@H](O)[C@H]2NC(C)=O)[C@@H](CO[C@@H]2O[C@@H](C)[C@@H](O)[C@@H](O)[C@@H]2O)O[C@H]1O. The summed E-state index contributed by atoms with van der Waals surface area (Å²) in [5.74, 6) is -8.56.